The molecule has 0 aliphatic heterocycles. The molecular weight excluding hydrogens is 142 g/mol. The van der Waals surface area contributed by atoms with Crippen molar-refractivity contribution in [3.63, 3.8) is 0 Å². The van der Waals surface area contributed by atoms with Crippen LogP contribution >= 0.6 is 11.8 Å². The van der Waals surface area contributed by atoms with Crippen molar-refractivity contribution in [1.29, 1.82) is 0 Å². The van der Waals surface area contributed by atoms with Crippen molar-refractivity contribution < 1.29 is 0 Å². The highest BCUT2D eigenvalue weighted by Crippen LogP contribution is 2.04. The van der Waals surface area contributed by atoms with Gasteiger partial charge in [0.15, 0.2) is 0 Å². The Bertz CT molecular complexity index is 106. The van der Waals surface area contributed by atoms with Crippen molar-refractivity contribution in [1.82, 2.24) is 0 Å². The summed E-state index contributed by atoms with van der Waals surface area (Å²) in [5, 5.41) is 0. The number of terminal acetylenes is 1. The molecule has 10 heavy (non-hydrogen) atoms. The fourth-order valence-corrected chi connectivity index (χ4v) is 1.45. The summed E-state index contributed by atoms with van der Waals surface area (Å²) in [5.74, 6) is 4.68. The third-order valence-corrected chi connectivity index (χ3v) is 2.40. The molecule has 0 aromatic heterocycles. The van der Waals surface area contributed by atoms with Gasteiger partial charge in [-0.3, -0.25) is 0 Å². The molecule has 0 amide bonds. The van der Waals surface area contributed by atoms with Gasteiger partial charge in [-0.05, 0) is 6.42 Å². The van der Waals surface area contributed by atoms with E-state index in [-0.39, 0.29) is 0 Å². The van der Waals surface area contributed by atoms with Crippen LogP contribution in [-0.2, 0) is 0 Å². The summed E-state index contributed by atoms with van der Waals surface area (Å²) in [7, 11) is 0. The molecule has 2 N–H and O–H groups in total. The Morgan fingerprint density at radius 3 is 2.90 bits per heavy atom. The van der Waals surface area contributed by atoms with Gasteiger partial charge in [0, 0.05) is 24.0 Å². The zero-order chi connectivity index (χ0) is 7.82. The van der Waals surface area contributed by atoms with Gasteiger partial charge in [-0.1, -0.05) is 6.92 Å². The van der Waals surface area contributed by atoms with E-state index < -0.39 is 0 Å². The van der Waals surface area contributed by atoms with Gasteiger partial charge in [-0.2, -0.15) is 11.8 Å². The zero-order valence-corrected chi connectivity index (χ0v) is 7.29. The summed E-state index contributed by atoms with van der Waals surface area (Å²) in [6, 6.07) is 0.350. The minimum absolute atomic E-state index is 0.350. The minimum Gasteiger partial charge on any atom is -0.327 e. The Balaban J connectivity index is 2.98. The van der Waals surface area contributed by atoms with Crippen LogP contribution in [0.2, 0.25) is 0 Å². The van der Waals surface area contributed by atoms with Crippen LogP contribution in [0.15, 0.2) is 0 Å². The van der Waals surface area contributed by atoms with E-state index in [1.54, 1.807) is 0 Å². The fourth-order valence-electron chi connectivity index (χ4n) is 0.484. The molecule has 0 saturated heterocycles. The fraction of sp³-hybridized carbons (Fsp3) is 0.750. The highest BCUT2D eigenvalue weighted by atomic mass is 32.2. The van der Waals surface area contributed by atoms with E-state index in [9.17, 15) is 0 Å². The molecule has 2 heteroatoms. The van der Waals surface area contributed by atoms with Crippen LogP contribution in [0.1, 0.15) is 19.8 Å². The Morgan fingerprint density at radius 2 is 2.40 bits per heavy atom. The summed E-state index contributed by atoms with van der Waals surface area (Å²) in [6.45, 7) is 2.10. The summed E-state index contributed by atoms with van der Waals surface area (Å²) >= 11 is 1.84. The second kappa shape index (κ2) is 6.98. The highest BCUT2D eigenvalue weighted by Gasteiger charge is 1.96. The van der Waals surface area contributed by atoms with Crippen LogP contribution < -0.4 is 5.73 Å². The van der Waals surface area contributed by atoms with Crippen molar-refractivity contribution in [2.75, 3.05) is 11.5 Å². The maximum absolute atomic E-state index is 5.68. The van der Waals surface area contributed by atoms with Crippen LogP contribution in [0, 0.1) is 12.3 Å². The number of rotatable bonds is 5. The normalized spacial score (nSPS) is 12.5. The van der Waals surface area contributed by atoms with Gasteiger partial charge in [0.05, 0.1) is 0 Å². The third-order valence-electron chi connectivity index (χ3n) is 1.25. The first-order chi connectivity index (χ1) is 4.81. The van der Waals surface area contributed by atoms with Gasteiger partial charge in [0.1, 0.15) is 0 Å². The predicted octanol–water partition coefficient (Wildman–Crippen LogP) is 1.48. The first-order valence-electron chi connectivity index (χ1n) is 3.58. The number of nitrogens with two attached hydrogens (primary N) is 1. The van der Waals surface area contributed by atoms with Gasteiger partial charge >= 0.3 is 0 Å². The van der Waals surface area contributed by atoms with Gasteiger partial charge in [-0.15, -0.1) is 12.3 Å². The first kappa shape index (κ1) is 9.87. The monoisotopic (exact) mass is 157 g/mol. The number of thioether (sulfide) groups is 1. The number of hydrogen-bond donors (Lipinski definition) is 1. The molecule has 0 aliphatic rings. The molecule has 58 valence electrons. The van der Waals surface area contributed by atoms with Crippen LogP contribution in [0.25, 0.3) is 0 Å². The molecule has 0 aromatic carbocycles. The van der Waals surface area contributed by atoms with Crippen molar-refractivity contribution in [3.8, 4) is 12.3 Å². The van der Waals surface area contributed by atoms with Gasteiger partial charge < -0.3 is 5.73 Å². The molecule has 0 aliphatic carbocycles. The lowest BCUT2D eigenvalue weighted by Crippen LogP contribution is -2.21. The summed E-state index contributed by atoms with van der Waals surface area (Å²) in [6.07, 6.45) is 7.00. The van der Waals surface area contributed by atoms with Crippen LogP contribution in [0.5, 0.6) is 0 Å². The Labute approximate surface area is 67.8 Å². The van der Waals surface area contributed by atoms with Crippen molar-refractivity contribution in [3.05, 3.63) is 0 Å². The molecule has 0 saturated carbocycles. The maximum Gasteiger partial charge on any atom is 0.0177 e. The van der Waals surface area contributed by atoms with Crippen molar-refractivity contribution >= 4 is 11.8 Å². The lowest BCUT2D eigenvalue weighted by molar-refractivity contribution is 0.725. The first-order valence-corrected chi connectivity index (χ1v) is 4.73. The molecule has 0 radical (unpaired) electrons. The second-order valence-corrected chi connectivity index (χ2v) is 3.35. The summed E-state index contributed by atoms with van der Waals surface area (Å²) in [4.78, 5) is 0. The van der Waals surface area contributed by atoms with E-state index in [1.165, 1.54) is 0 Å². The molecular formula is C8H15NS. The van der Waals surface area contributed by atoms with Crippen LogP contribution in [0.3, 0.4) is 0 Å². The van der Waals surface area contributed by atoms with Gasteiger partial charge in [0.2, 0.25) is 0 Å². The molecule has 0 rings (SSSR count). The third kappa shape index (κ3) is 6.00. The van der Waals surface area contributed by atoms with Crippen LogP contribution in [-0.4, -0.2) is 17.5 Å². The number of hydrogen-bond acceptors (Lipinski definition) is 2. The molecule has 1 unspecified atom stereocenters. The Hall–Kier alpha value is -0.130. The molecule has 0 bridgehead atoms. The standard InChI is InChI=1S/C8H15NS/c1-3-5-6-10-7-8(9)4-2/h1,8H,4-7,9H2,2H3. The molecule has 0 fully saturated rings. The van der Waals surface area contributed by atoms with E-state index in [0.717, 1.165) is 24.3 Å². The van der Waals surface area contributed by atoms with E-state index in [0.29, 0.717) is 6.04 Å². The van der Waals surface area contributed by atoms with E-state index >= 15 is 0 Å². The zero-order valence-electron chi connectivity index (χ0n) is 6.47. The quantitative estimate of drug-likeness (QED) is 0.483. The largest absolute Gasteiger partial charge is 0.327 e. The molecule has 1 nitrogen and oxygen atoms in total. The second-order valence-electron chi connectivity index (χ2n) is 2.20. The van der Waals surface area contributed by atoms with Gasteiger partial charge in [0.25, 0.3) is 0 Å². The molecule has 0 heterocycles. The lowest BCUT2D eigenvalue weighted by atomic mass is 10.3. The van der Waals surface area contributed by atoms with Crippen LogP contribution in [0.4, 0.5) is 0 Å². The van der Waals surface area contributed by atoms with E-state index in [2.05, 4.69) is 12.8 Å². The molecule has 1 atom stereocenters. The van der Waals surface area contributed by atoms with E-state index in [1.807, 2.05) is 11.8 Å². The SMILES string of the molecule is C#CCCSCC(N)CC. The average molecular weight is 157 g/mol. The molecule has 0 spiro atoms. The lowest BCUT2D eigenvalue weighted by Gasteiger charge is -2.05. The summed E-state index contributed by atoms with van der Waals surface area (Å²) in [5.41, 5.74) is 5.68. The predicted molar refractivity (Wildman–Crippen MR) is 49.0 cm³/mol. The van der Waals surface area contributed by atoms with Crippen molar-refractivity contribution in [2.24, 2.45) is 5.73 Å². The average Bonchev–Trinajstić information content (AvgIpc) is 1.98. The summed E-state index contributed by atoms with van der Waals surface area (Å²) < 4.78 is 0. The van der Waals surface area contributed by atoms with Gasteiger partial charge in [-0.25, -0.2) is 0 Å². The topological polar surface area (TPSA) is 26.0 Å². The smallest absolute Gasteiger partial charge is 0.0177 e. The minimum atomic E-state index is 0.350. The van der Waals surface area contributed by atoms with Crippen molar-refractivity contribution in [2.45, 2.75) is 25.8 Å². The Morgan fingerprint density at radius 1 is 1.70 bits per heavy atom. The highest BCUT2D eigenvalue weighted by molar-refractivity contribution is 7.99. The maximum atomic E-state index is 5.68. The Kier molecular flexibility index (Phi) is 6.89. The van der Waals surface area contributed by atoms with E-state index in [4.69, 9.17) is 12.2 Å². The molecule has 0 aromatic rings.